The minimum atomic E-state index is -0.274. The lowest BCUT2D eigenvalue weighted by Gasteiger charge is -2.03. The molecule has 0 saturated carbocycles. The molecule has 0 saturated heterocycles. The summed E-state index contributed by atoms with van der Waals surface area (Å²) in [5.41, 5.74) is 5.61. The quantitative estimate of drug-likeness (QED) is 0.559. The largest absolute Gasteiger partial charge is 0.288 e. The fourth-order valence-corrected chi connectivity index (χ4v) is 2.20. The van der Waals surface area contributed by atoms with Gasteiger partial charge in [-0.3, -0.25) is 9.78 Å². The van der Waals surface area contributed by atoms with Crippen molar-refractivity contribution in [1.82, 2.24) is 15.2 Å². The van der Waals surface area contributed by atoms with Gasteiger partial charge in [-0.05, 0) is 18.1 Å². The van der Waals surface area contributed by atoms with Crippen LogP contribution in [0.2, 0.25) is 0 Å². The van der Waals surface area contributed by atoms with Gasteiger partial charge in [-0.25, -0.2) is 5.43 Å². The molecule has 0 radical (unpaired) electrons. The molecule has 3 aromatic rings. The van der Waals surface area contributed by atoms with Crippen LogP contribution in [-0.4, -0.2) is 20.9 Å². The van der Waals surface area contributed by atoms with E-state index in [1.807, 2.05) is 67.6 Å². The molecule has 1 aromatic heterocycles. The lowest BCUT2D eigenvalue weighted by Crippen LogP contribution is -2.19. The first-order chi connectivity index (χ1) is 11.7. The first-order valence-electron chi connectivity index (χ1n) is 7.58. The molecule has 0 amide bonds. The lowest BCUT2D eigenvalue weighted by atomic mass is 10.1. The van der Waals surface area contributed by atoms with E-state index in [9.17, 15) is 4.79 Å². The van der Waals surface area contributed by atoms with Crippen LogP contribution in [0.1, 0.15) is 23.7 Å². The second-order valence-corrected chi connectivity index (χ2v) is 5.29. The Balaban J connectivity index is 1.72. The highest BCUT2D eigenvalue weighted by Crippen LogP contribution is 2.04. The minimum Gasteiger partial charge on any atom is -0.288 e. The first kappa shape index (κ1) is 15.6. The van der Waals surface area contributed by atoms with Crippen LogP contribution >= 0.6 is 0 Å². The van der Waals surface area contributed by atoms with Crippen LogP contribution in [-0.2, 0) is 6.42 Å². The van der Waals surface area contributed by atoms with Crippen LogP contribution < -0.4 is 11.0 Å². The number of nitrogens with one attached hydrogen (secondary N) is 2. The van der Waals surface area contributed by atoms with Crippen molar-refractivity contribution in [2.75, 3.05) is 5.43 Å². The average molecular weight is 319 g/mol. The lowest BCUT2D eigenvalue weighted by molar-refractivity contribution is 0.866. The highest BCUT2D eigenvalue weighted by Gasteiger charge is 2.05. The smallest absolute Gasteiger partial charge is 0.274 e. The maximum atomic E-state index is 12.1. The van der Waals surface area contributed by atoms with E-state index >= 15 is 0 Å². The van der Waals surface area contributed by atoms with Gasteiger partial charge in [0, 0.05) is 6.42 Å². The van der Waals surface area contributed by atoms with Gasteiger partial charge in [-0.2, -0.15) is 5.10 Å². The highest BCUT2D eigenvalue weighted by molar-refractivity contribution is 5.98. The van der Waals surface area contributed by atoms with Crippen LogP contribution in [0.5, 0.6) is 0 Å². The number of hydrogen-bond acceptors (Lipinski definition) is 5. The Hall–Kier alpha value is -3.28. The van der Waals surface area contributed by atoms with Crippen LogP contribution in [0.15, 0.2) is 70.6 Å². The van der Waals surface area contributed by atoms with Gasteiger partial charge in [-0.15, -0.1) is 10.2 Å². The minimum absolute atomic E-state index is 0.215. The zero-order valence-electron chi connectivity index (χ0n) is 13.2. The van der Waals surface area contributed by atoms with E-state index < -0.39 is 0 Å². The molecule has 0 bridgehead atoms. The molecule has 2 aromatic carbocycles. The highest BCUT2D eigenvalue weighted by atomic mass is 16.1. The summed E-state index contributed by atoms with van der Waals surface area (Å²) in [6.07, 6.45) is 0.440. The molecule has 6 nitrogen and oxygen atoms in total. The number of anilines is 1. The van der Waals surface area contributed by atoms with Gasteiger partial charge in [0.15, 0.2) is 0 Å². The zero-order valence-corrected chi connectivity index (χ0v) is 13.2. The summed E-state index contributed by atoms with van der Waals surface area (Å²) in [6.45, 7) is 1.87. The third-order valence-electron chi connectivity index (χ3n) is 3.50. The Morgan fingerprint density at radius 1 is 1.04 bits per heavy atom. The number of benzene rings is 2. The molecule has 24 heavy (non-hydrogen) atoms. The summed E-state index contributed by atoms with van der Waals surface area (Å²) in [6, 6.07) is 19.4. The van der Waals surface area contributed by atoms with Gasteiger partial charge < -0.3 is 0 Å². The fourth-order valence-electron chi connectivity index (χ4n) is 2.20. The van der Waals surface area contributed by atoms with Crippen molar-refractivity contribution in [3.8, 4) is 0 Å². The molecule has 3 rings (SSSR count). The third-order valence-corrected chi connectivity index (χ3v) is 3.50. The molecule has 2 N–H and O–H groups in total. The molecule has 1 heterocycles. The monoisotopic (exact) mass is 319 g/mol. The van der Waals surface area contributed by atoms with Crippen molar-refractivity contribution in [3.63, 3.8) is 0 Å². The average Bonchev–Trinajstić information content (AvgIpc) is 2.63. The van der Waals surface area contributed by atoms with Gasteiger partial charge >= 0.3 is 0 Å². The van der Waals surface area contributed by atoms with Crippen molar-refractivity contribution < 1.29 is 0 Å². The van der Waals surface area contributed by atoms with Crippen LogP contribution in [0.3, 0.4) is 0 Å². The molecule has 0 atom stereocenters. The van der Waals surface area contributed by atoms with E-state index in [-0.39, 0.29) is 11.5 Å². The van der Waals surface area contributed by atoms with Crippen molar-refractivity contribution >= 4 is 11.7 Å². The number of aromatic amines is 1. The molecule has 0 aliphatic heterocycles. The van der Waals surface area contributed by atoms with E-state index in [0.29, 0.717) is 12.1 Å². The molecule has 0 aliphatic carbocycles. The summed E-state index contributed by atoms with van der Waals surface area (Å²) < 4.78 is 0. The second-order valence-electron chi connectivity index (χ2n) is 5.29. The molecule has 0 fully saturated rings. The van der Waals surface area contributed by atoms with Gasteiger partial charge in [0.25, 0.3) is 5.56 Å². The molecule has 0 spiro atoms. The van der Waals surface area contributed by atoms with Crippen molar-refractivity contribution in [3.05, 3.63) is 87.8 Å². The van der Waals surface area contributed by atoms with Gasteiger partial charge in [-0.1, -0.05) is 60.7 Å². The molecular formula is C18H17N5O. The van der Waals surface area contributed by atoms with Crippen molar-refractivity contribution in [2.45, 2.75) is 13.3 Å². The Labute approximate surface area is 139 Å². The molecule has 120 valence electrons. The normalized spacial score (nSPS) is 11.3. The first-order valence-corrected chi connectivity index (χ1v) is 7.58. The maximum Gasteiger partial charge on any atom is 0.274 e. The van der Waals surface area contributed by atoms with Crippen molar-refractivity contribution in [1.29, 1.82) is 0 Å². The van der Waals surface area contributed by atoms with E-state index in [4.69, 9.17) is 0 Å². The topological polar surface area (TPSA) is 83.0 Å². The summed E-state index contributed by atoms with van der Waals surface area (Å²) in [4.78, 5) is 14.8. The van der Waals surface area contributed by atoms with Crippen molar-refractivity contribution in [2.24, 2.45) is 5.10 Å². The van der Waals surface area contributed by atoms with Crippen LogP contribution in [0, 0.1) is 0 Å². The van der Waals surface area contributed by atoms with E-state index in [1.165, 1.54) is 0 Å². The summed E-state index contributed by atoms with van der Waals surface area (Å²) in [5, 5.41) is 12.2. The number of hydrazone groups is 1. The predicted octanol–water partition coefficient (Wildman–Crippen LogP) is 2.59. The van der Waals surface area contributed by atoms with E-state index in [2.05, 4.69) is 25.7 Å². The fraction of sp³-hybridized carbons (Fsp3) is 0.111. The number of hydrogen-bond donors (Lipinski definition) is 2. The molecular weight excluding hydrogens is 302 g/mol. The SMILES string of the molecule is C/C(=N/Nc1nnc(Cc2ccccc2)c(=O)[nH]1)c1ccccc1. The maximum absolute atomic E-state index is 12.1. The number of aromatic nitrogens is 3. The van der Waals surface area contributed by atoms with E-state index in [0.717, 1.165) is 16.8 Å². The van der Waals surface area contributed by atoms with Gasteiger partial charge in [0.1, 0.15) is 5.69 Å². The molecule has 6 heteroatoms. The zero-order chi connectivity index (χ0) is 16.8. The Kier molecular flexibility index (Phi) is 4.76. The summed E-state index contributed by atoms with van der Waals surface area (Å²) >= 11 is 0. The molecule has 0 aliphatic rings. The van der Waals surface area contributed by atoms with Crippen LogP contribution in [0.4, 0.5) is 5.95 Å². The summed E-state index contributed by atoms with van der Waals surface area (Å²) in [7, 11) is 0. The van der Waals surface area contributed by atoms with Gasteiger partial charge in [0.05, 0.1) is 5.71 Å². The Bertz CT molecular complexity index is 888. The number of nitrogens with zero attached hydrogens (tertiary/aromatic N) is 3. The Morgan fingerprint density at radius 3 is 2.38 bits per heavy atom. The predicted molar refractivity (Wildman–Crippen MR) is 94.2 cm³/mol. The second kappa shape index (κ2) is 7.32. The number of rotatable bonds is 5. The standard InChI is InChI=1S/C18H17N5O/c1-13(15-10-6-3-7-11-15)20-22-18-19-17(24)16(21-23-18)12-14-8-4-2-5-9-14/h2-11H,12H2,1H3,(H2,19,22,23,24)/b20-13-. The third kappa shape index (κ3) is 3.92. The summed E-state index contributed by atoms with van der Waals surface area (Å²) in [5.74, 6) is 0.215. The van der Waals surface area contributed by atoms with Gasteiger partial charge in [0.2, 0.25) is 5.95 Å². The number of H-pyrrole nitrogens is 1. The molecule has 0 unspecified atom stereocenters. The Morgan fingerprint density at radius 2 is 1.71 bits per heavy atom. The van der Waals surface area contributed by atoms with E-state index in [1.54, 1.807) is 0 Å². The van der Waals surface area contributed by atoms with Crippen LogP contribution in [0.25, 0.3) is 0 Å².